The minimum atomic E-state index is -3.94. The molecule has 1 atom stereocenters. The van der Waals surface area contributed by atoms with Gasteiger partial charge < -0.3 is 8.92 Å². The fourth-order valence-corrected chi connectivity index (χ4v) is 3.53. The number of ether oxygens (including phenoxy) is 1. The van der Waals surface area contributed by atoms with E-state index in [1.165, 1.54) is 24.3 Å². The average molecular weight is 396 g/mol. The molecule has 0 aliphatic heterocycles. The second kappa shape index (κ2) is 8.71. The normalized spacial score (nSPS) is 12.2. The highest BCUT2D eigenvalue weighted by atomic mass is 32.2. The first kappa shape index (κ1) is 19.6. The minimum absolute atomic E-state index is 0.0655. The molecule has 6 heteroatoms. The predicted octanol–water partition coefficient (Wildman–Crippen LogP) is 4.30. The zero-order valence-corrected chi connectivity index (χ0v) is 16.1. The molecule has 144 valence electrons. The zero-order chi connectivity index (χ0) is 20.0. The molecule has 0 spiro atoms. The smallest absolute Gasteiger partial charge is 0.339 e. The van der Waals surface area contributed by atoms with Crippen molar-refractivity contribution in [2.24, 2.45) is 0 Å². The van der Waals surface area contributed by atoms with Crippen LogP contribution in [0, 0.1) is 0 Å². The van der Waals surface area contributed by atoms with Crippen LogP contribution in [0.5, 0.6) is 5.75 Å². The third-order valence-electron chi connectivity index (χ3n) is 4.17. The van der Waals surface area contributed by atoms with Crippen LogP contribution in [0.4, 0.5) is 0 Å². The van der Waals surface area contributed by atoms with E-state index in [2.05, 4.69) is 0 Å². The molecule has 3 rings (SSSR count). The molecule has 3 aromatic carbocycles. The number of hydrogen-bond acceptors (Lipinski definition) is 5. The van der Waals surface area contributed by atoms with Crippen LogP contribution in [-0.4, -0.2) is 14.4 Å². The van der Waals surface area contributed by atoms with Gasteiger partial charge in [-0.05, 0) is 42.3 Å². The van der Waals surface area contributed by atoms with Gasteiger partial charge in [-0.3, -0.25) is 4.79 Å². The van der Waals surface area contributed by atoms with Gasteiger partial charge in [-0.15, -0.1) is 0 Å². The molecule has 0 bridgehead atoms. The van der Waals surface area contributed by atoms with Gasteiger partial charge in [0.25, 0.3) is 0 Å². The number of benzene rings is 3. The van der Waals surface area contributed by atoms with Gasteiger partial charge in [-0.1, -0.05) is 60.7 Å². The lowest BCUT2D eigenvalue weighted by Gasteiger charge is -2.13. The van der Waals surface area contributed by atoms with Crippen LogP contribution in [-0.2, 0) is 26.3 Å². The van der Waals surface area contributed by atoms with E-state index in [1.54, 1.807) is 37.3 Å². The summed E-state index contributed by atoms with van der Waals surface area (Å²) >= 11 is 0. The van der Waals surface area contributed by atoms with Crippen LogP contribution in [0.2, 0.25) is 0 Å². The maximum absolute atomic E-state index is 12.4. The topological polar surface area (TPSA) is 69.7 Å². The fraction of sp³-hybridized carbons (Fsp3) is 0.136. The van der Waals surface area contributed by atoms with Gasteiger partial charge in [0, 0.05) is 0 Å². The third kappa shape index (κ3) is 4.98. The number of carbonyl (C=O) groups is 1. The van der Waals surface area contributed by atoms with Crippen molar-refractivity contribution in [2.45, 2.75) is 24.3 Å². The lowest BCUT2D eigenvalue weighted by molar-refractivity contribution is -0.146. The number of carbonyl (C=O) groups excluding carboxylic acids is 1. The molecule has 5 nitrogen and oxygen atoms in total. The molecule has 0 fully saturated rings. The van der Waals surface area contributed by atoms with E-state index in [9.17, 15) is 13.2 Å². The molecule has 0 aromatic heterocycles. The van der Waals surface area contributed by atoms with Gasteiger partial charge >= 0.3 is 16.1 Å². The predicted molar refractivity (Wildman–Crippen MR) is 105 cm³/mol. The highest BCUT2D eigenvalue weighted by Gasteiger charge is 2.20. The summed E-state index contributed by atoms with van der Waals surface area (Å²) in [7, 11) is -3.94. The molecule has 1 unspecified atom stereocenters. The van der Waals surface area contributed by atoms with Gasteiger partial charge in [0.1, 0.15) is 17.3 Å². The van der Waals surface area contributed by atoms with Crippen molar-refractivity contribution in [1.29, 1.82) is 0 Å². The van der Waals surface area contributed by atoms with Gasteiger partial charge in [0.2, 0.25) is 0 Å². The van der Waals surface area contributed by atoms with Gasteiger partial charge in [0.05, 0.1) is 5.92 Å². The zero-order valence-electron chi connectivity index (χ0n) is 15.3. The monoisotopic (exact) mass is 396 g/mol. The molecule has 0 amide bonds. The molecule has 28 heavy (non-hydrogen) atoms. The van der Waals surface area contributed by atoms with Crippen molar-refractivity contribution >= 4 is 16.1 Å². The largest absolute Gasteiger partial charge is 0.460 e. The molecular formula is C22H20O5S. The van der Waals surface area contributed by atoms with E-state index in [0.717, 1.165) is 5.56 Å². The quantitative estimate of drug-likeness (QED) is 0.440. The van der Waals surface area contributed by atoms with E-state index >= 15 is 0 Å². The molecule has 0 N–H and O–H groups in total. The fourth-order valence-electron chi connectivity index (χ4n) is 2.59. The number of rotatable bonds is 7. The standard InChI is InChI=1S/C22H20O5S/c1-17(22(23)26-16-18-9-4-2-5-10-18)19-11-8-12-20(15-19)27-28(24,25)21-13-6-3-7-14-21/h2-15,17H,16H2,1H3. The highest BCUT2D eigenvalue weighted by molar-refractivity contribution is 7.87. The molecule has 0 saturated heterocycles. The Morgan fingerprint density at radius 2 is 1.54 bits per heavy atom. The number of esters is 1. The van der Waals surface area contributed by atoms with Crippen LogP contribution in [0.1, 0.15) is 24.0 Å². The maximum atomic E-state index is 12.4. The van der Waals surface area contributed by atoms with Crippen molar-refractivity contribution in [3.8, 4) is 5.75 Å². The van der Waals surface area contributed by atoms with Crippen molar-refractivity contribution in [3.63, 3.8) is 0 Å². The molecular weight excluding hydrogens is 376 g/mol. The van der Waals surface area contributed by atoms with Crippen LogP contribution in [0.25, 0.3) is 0 Å². The second-order valence-electron chi connectivity index (χ2n) is 6.24. The first-order chi connectivity index (χ1) is 13.5. The third-order valence-corrected chi connectivity index (χ3v) is 5.43. The Kier molecular flexibility index (Phi) is 6.11. The lowest BCUT2D eigenvalue weighted by atomic mass is 10.0. The van der Waals surface area contributed by atoms with Crippen LogP contribution >= 0.6 is 0 Å². The Labute approximate surface area is 164 Å². The molecule has 0 radical (unpaired) electrons. The highest BCUT2D eigenvalue weighted by Crippen LogP contribution is 2.25. The minimum Gasteiger partial charge on any atom is -0.460 e. The van der Waals surface area contributed by atoms with E-state index in [4.69, 9.17) is 8.92 Å². The Morgan fingerprint density at radius 3 is 2.21 bits per heavy atom. The van der Waals surface area contributed by atoms with Gasteiger partial charge in [-0.2, -0.15) is 8.42 Å². The summed E-state index contributed by atoms with van der Waals surface area (Å²) in [6.07, 6.45) is 0. The Balaban J connectivity index is 1.69. The summed E-state index contributed by atoms with van der Waals surface area (Å²) in [6.45, 7) is 1.89. The van der Waals surface area contributed by atoms with Gasteiger partial charge in [-0.25, -0.2) is 0 Å². The van der Waals surface area contributed by atoms with Crippen molar-refractivity contribution < 1.29 is 22.1 Å². The second-order valence-corrected chi connectivity index (χ2v) is 7.78. The molecule has 0 heterocycles. The summed E-state index contributed by atoms with van der Waals surface area (Å²) in [5.41, 5.74) is 1.51. The van der Waals surface area contributed by atoms with Crippen molar-refractivity contribution in [1.82, 2.24) is 0 Å². The first-order valence-electron chi connectivity index (χ1n) is 8.76. The van der Waals surface area contributed by atoms with Crippen molar-refractivity contribution in [2.75, 3.05) is 0 Å². The summed E-state index contributed by atoms with van der Waals surface area (Å²) in [5.74, 6) is -0.817. The summed E-state index contributed by atoms with van der Waals surface area (Å²) in [4.78, 5) is 12.4. The Hall–Kier alpha value is -3.12. The average Bonchev–Trinajstić information content (AvgIpc) is 2.73. The van der Waals surface area contributed by atoms with E-state index in [0.29, 0.717) is 5.56 Å². The van der Waals surface area contributed by atoms with Crippen LogP contribution < -0.4 is 4.18 Å². The first-order valence-corrected chi connectivity index (χ1v) is 10.2. The Morgan fingerprint density at radius 1 is 0.893 bits per heavy atom. The van der Waals surface area contributed by atoms with Crippen LogP contribution in [0.15, 0.2) is 89.8 Å². The van der Waals surface area contributed by atoms with E-state index < -0.39 is 22.0 Å². The lowest BCUT2D eigenvalue weighted by Crippen LogP contribution is -2.14. The number of hydrogen-bond donors (Lipinski definition) is 0. The van der Waals surface area contributed by atoms with Crippen molar-refractivity contribution in [3.05, 3.63) is 96.1 Å². The summed E-state index contributed by atoms with van der Waals surface area (Å²) < 4.78 is 35.3. The molecule has 0 aliphatic carbocycles. The molecule has 0 aliphatic rings. The Bertz CT molecular complexity index is 1030. The molecule has 3 aromatic rings. The SMILES string of the molecule is CC(C(=O)OCc1ccccc1)c1cccc(OS(=O)(=O)c2ccccc2)c1. The maximum Gasteiger partial charge on any atom is 0.339 e. The van der Waals surface area contributed by atoms with E-state index in [-0.39, 0.29) is 17.3 Å². The summed E-state index contributed by atoms with van der Waals surface area (Å²) in [6, 6.07) is 23.7. The summed E-state index contributed by atoms with van der Waals surface area (Å²) in [5, 5.41) is 0. The van der Waals surface area contributed by atoms with E-state index in [1.807, 2.05) is 30.3 Å². The molecule has 0 saturated carbocycles. The van der Waals surface area contributed by atoms with Crippen LogP contribution in [0.3, 0.4) is 0 Å². The van der Waals surface area contributed by atoms with Gasteiger partial charge in [0.15, 0.2) is 0 Å².